The van der Waals surface area contributed by atoms with Crippen molar-refractivity contribution in [1.29, 1.82) is 0 Å². The molecule has 0 aliphatic carbocycles. The van der Waals surface area contributed by atoms with Crippen LogP contribution in [0.2, 0.25) is 0 Å². The van der Waals surface area contributed by atoms with Crippen molar-refractivity contribution in [2.24, 2.45) is 0 Å². The molecule has 1 aromatic rings. The smallest absolute Gasteiger partial charge is 0.282 e. The lowest BCUT2D eigenvalue weighted by molar-refractivity contribution is -0.385. The van der Waals surface area contributed by atoms with Gasteiger partial charge in [0.2, 0.25) is 0 Å². The van der Waals surface area contributed by atoms with Gasteiger partial charge in [-0.3, -0.25) is 14.9 Å². The molecule has 0 radical (unpaired) electrons. The van der Waals surface area contributed by atoms with Gasteiger partial charge in [-0.25, -0.2) is 0 Å². The quantitative estimate of drug-likeness (QED) is 0.299. The molecule has 0 unspecified atom stereocenters. The van der Waals surface area contributed by atoms with Crippen LogP contribution in [0.15, 0.2) is 12.1 Å². The number of alkyl halides is 1. The van der Waals surface area contributed by atoms with Crippen LogP contribution < -0.4 is 10.5 Å². The Bertz CT molecular complexity index is 447. The number of hydrogen-bond donors (Lipinski definition) is 1. The predicted molar refractivity (Wildman–Crippen MR) is 62.2 cm³/mol. The van der Waals surface area contributed by atoms with Gasteiger partial charge in [0.05, 0.1) is 28.6 Å². The number of halogens is 1. The van der Waals surface area contributed by atoms with Gasteiger partial charge in [-0.1, -0.05) is 15.9 Å². The van der Waals surface area contributed by atoms with E-state index >= 15 is 0 Å². The molecule has 0 spiro atoms. The SMILES string of the molecule is COc1cc(C(=O)CBr)c([N+](=O)[O-])cc1N. The average molecular weight is 289 g/mol. The second kappa shape index (κ2) is 4.93. The van der Waals surface area contributed by atoms with E-state index in [9.17, 15) is 14.9 Å². The van der Waals surface area contributed by atoms with Crippen molar-refractivity contribution in [3.05, 3.63) is 27.8 Å². The zero-order chi connectivity index (χ0) is 12.3. The fraction of sp³-hybridized carbons (Fsp3) is 0.222. The second-order valence-corrected chi connectivity index (χ2v) is 3.49. The van der Waals surface area contributed by atoms with Gasteiger partial charge in [-0.05, 0) is 0 Å². The van der Waals surface area contributed by atoms with Crippen LogP contribution in [0.3, 0.4) is 0 Å². The first kappa shape index (κ1) is 12.4. The fourth-order valence-electron chi connectivity index (χ4n) is 1.21. The summed E-state index contributed by atoms with van der Waals surface area (Å²) in [6.07, 6.45) is 0. The number of ether oxygens (including phenoxy) is 1. The number of nitro groups is 1. The summed E-state index contributed by atoms with van der Waals surface area (Å²) in [4.78, 5) is 21.6. The van der Waals surface area contributed by atoms with E-state index < -0.39 is 10.7 Å². The van der Waals surface area contributed by atoms with Crippen molar-refractivity contribution in [2.75, 3.05) is 18.2 Å². The number of benzene rings is 1. The highest BCUT2D eigenvalue weighted by atomic mass is 79.9. The molecular weight excluding hydrogens is 280 g/mol. The summed E-state index contributed by atoms with van der Waals surface area (Å²) in [5, 5.41) is 10.7. The number of anilines is 1. The number of nitro benzene ring substituents is 1. The number of carbonyl (C=O) groups excluding carboxylic acids is 1. The molecule has 16 heavy (non-hydrogen) atoms. The number of nitrogens with two attached hydrogens (primary N) is 1. The van der Waals surface area contributed by atoms with Crippen LogP contribution in [-0.4, -0.2) is 23.1 Å². The number of carbonyl (C=O) groups is 1. The summed E-state index contributed by atoms with van der Waals surface area (Å²) in [6, 6.07) is 2.39. The molecule has 0 saturated heterocycles. The molecule has 0 aliphatic rings. The minimum atomic E-state index is -0.647. The van der Waals surface area contributed by atoms with E-state index in [0.29, 0.717) is 0 Å². The Labute approximate surface area is 99.7 Å². The lowest BCUT2D eigenvalue weighted by Gasteiger charge is -2.07. The molecule has 0 bridgehead atoms. The molecule has 0 aromatic heterocycles. The van der Waals surface area contributed by atoms with Gasteiger partial charge in [0.1, 0.15) is 5.75 Å². The molecule has 0 saturated carbocycles. The molecule has 0 heterocycles. The molecular formula is C9H9BrN2O4. The summed E-state index contributed by atoms with van der Waals surface area (Å²) >= 11 is 2.96. The molecule has 0 fully saturated rings. The summed E-state index contributed by atoms with van der Waals surface area (Å²) in [6.45, 7) is 0. The normalized spacial score (nSPS) is 9.88. The molecule has 0 atom stereocenters. The Balaban J connectivity index is 3.42. The summed E-state index contributed by atoms with van der Waals surface area (Å²) in [7, 11) is 1.37. The highest BCUT2D eigenvalue weighted by Crippen LogP contribution is 2.31. The number of hydrogen-bond acceptors (Lipinski definition) is 5. The van der Waals surface area contributed by atoms with Crippen molar-refractivity contribution in [3.8, 4) is 5.75 Å². The van der Waals surface area contributed by atoms with Crippen LogP contribution in [0.1, 0.15) is 10.4 Å². The summed E-state index contributed by atoms with van der Waals surface area (Å²) < 4.78 is 4.90. The fourth-order valence-corrected chi connectivity index (χ4v) is 1.51. The number of ketones is 1. The molecule has 0 amide bonds. The van der Waals surface area contributed by atoms with Gasteiger partial charge in [0.25, 0.3) is 5.69 Å². The van der Waals surface area contributed by atoms with E-state index in [1.54, 1.807) is 0 Å². The molecule has 86 valence electrons. The second-order valence-electron chi connectivity index (χ2n) is 2.93. The molecule has 6 nitrogen and oxygen atoms in total. The van der Waals surface area contributed by atoms with Crippen LogP contribution in [0.5, 0.6) is 5.75 Å². The zero-order valence-electron chi connectivity index (χ0n) is 8.40. The largest absolute Gasteiger partial charge is 0.495 e. The molecule has 7 heteroatoms. The predicted octanol–water partition coefficient (Wildman–Crippen LogP) is 1.76. The monoisotopic (exact) mass is 288 g/mol. The number of nitrogen functional groups attached to an aromatic ring is 1. The van der Waals surface area contributed by atoms with Crippen LogP contribution in [-0.2, 0) is 0 Å². The van der Waals surface area contributed by atoms with Crippen LogP contribution in [0.25, 0.3) is 0 Å². The van der Waals surface area contributed by atoms with Crippen LogP contribution >= 0.6 is 15.9 Å². The van der Waals surface area contributed by atoms with Crippen LogP contribution in [0.4, 0.5) is 11.4 Å². The minimum absolute atomic E-state index is 0.000905. The number of rotatable bonds is 4. The third-order valence-corrected chi connectivity index (χ3v) is 2.48. The van der Waals surface area contributed by atoms with Crippen molar-refractivity contribution < 1.29 is 14.5 Å². The van der Waals surface area contributed by atoms with Gasteiger partial charge in [0, 0.05) is 12.1 Å². The average Bonchev–Trinajstić information content (AvgIpc) is 2.27. The molecule has 1 aromatic carbocycles. The molecule has 1 rings (SSSR count). The van der Waals surface area contributed by atoms with Crippen LogP contribution in [0, 0.1) is 10.1 Å². The number of Topliss-reactive ketones (excluding diaryl/α,β-unsaturated/α-hetero) is 1. The maximum Gasteiger partial charge on any atom is 0.282 e. The number of nitrogens with zero attached hydrogens (tertiary/aromatic N) is 1. The molecule has 2 N–H and O–H groups in total. The Morgan fingerprint density at radius 2 is 2.25 bits per heavy atom. The highest BCUT2D eigenvalue weighted by molar-refractivity contribution is 9.09. The third-order valence-electron chi connectivity index (χ3n) is 1.97. The zero-order valence-corrected chi connectivity index (χ0v) is 9.98. The first-order valence-electron chi connectivity index (χ1n) is 4.22. The Hall–Kier alpha value is -1.63. The maximum absolute atomic E-state index is 11.5. The van der Waals surface area contributed by atoms with Crippen molar-refractivity contribution in [3.63, 3.8) is 0 Å². The van der Waals surface area contributed by atoms with E-state index in [1.165, 1.54) is 13.2 Å². The summed E-state index contributed by atoms with van der Waals surface area (Å²) in [5.74, 6) is -0.153. The summed E-state index contributed by atoms with van der Waals surface area (Å²) in [5.41, 5.74) is 5.32. The van der Waals surface area contributed by atoms with Gasteiger partial charge < -0.3 is 10.5 Å². The van der Waals surface area contributed by atoms with E-state index in [-0.39, 0.29) is 28.0 Å². The topological polar surface area (TPSA) is 95.5 Å². The first-order valence-corrected chi connectivity index (χ1v) is 5.34. The van der Waals surface area contributed by atoms with E-state index in [4.69, 9.17) is 10.5 Å². The Morgan fingerprint density at radius 3 is 2.69 bits per heavy atom. The van der Waals surface area contributed by atoms with E-state index in [0.717, 1.165) is 6.07 Å². The Morgan fingerprint density at radius 1 is 1.62 bits per heavy atom. The lowest BCUT2D eigenvalue weighted by Crippen LogP contribution is -2.07. The minimum Gasteiger partial charge on any atom is -0.495 e. The lowest BCUT2D eigenvalue weighted by atomic mass is 10.1. The molecule has 0 aliphatic heterocycles. The standard InChI is InChI=1S/C9H9BrN2O4/c1-16-9-2-5(8(13)4-10)7(12(14)15)3-6(9)11/h2-3H,4,11H2,1H3. The Kier molecular flexibility index (Phi) is 3.83. The van der Waals surface area contributed by atoms with E-state index in [2.05, 4.69) is 15.9 Å². The van der Waals surface area contributed by atoms with Crippen molar-refractivity contribution >= 4 is 33.1 Å². The van der Waals surface area contributed by atoms with Gasteiger partial charge in [0.15, 0.2) is 5.78 Å². The van der Waals surface area contributed by atoms with Gasteiger partial charge in [-0.2, -0.15) is 0 Å². The number of methoxy groups -OCH3 is 1. The highest BCUT2D eigenvalue weighted by Gasteiger charge is 2.22. The van der Waals surface area contributed by atoms with Crippen molar-refractivity contribution in [1.82, 2.24) is 0 Å². The van der Waals surface area contributed by atoms with Gasteiger partial charge >= 0.3 is 0 Å². The maximum atomic E-state index is 11.5. The van der Waals surface area contributed by atoms with E-state index in [1.807, 2.05) is 0 Å². The van der Waals surface area contributed by atoms with Gasteiger partial charge in [-0.15, -0.1) is 0 Å². The first-order chi connectivity index (χ1) is 7.51. The third kappa shape index (κ3) is 2.30. The van der Waals surface area contributed by atoms with Crippen molar-refractivity contribution in [2.45, 2.75) is 0 Å².